The van der Waals surface area contributed by atoms with E-state index in [0.717, 1.165) is 38.9 Å². The van der Waals surface area contributed by atoms with Crippen LogP contribution in [0.4, 0.5) is 0 Å². The van der Waals surface area contributed by atoms with Gasteiger partial charge in [-0.15, -0.1) is 0 Å². The van der Waals surface area contributed by atoms with Crippen molar-refractivity contribution in [1.82, 2.24) is 10.2 Å². The molecule has 5 nitrogen and oxygen atoms in total. The van der Waals surface area contributed by atoms with E-state index in [1.54, 1.807) is 12.1 Å². The van der Waals surface area contributed by atoms with Crippen molar-refractivity contribution in [3.05, 3.63) is 29.8 Å². The lowest BCUT2D eigenvalue weighted by Gasteiger charge is -2.34. The lowest BCUT2D eigenvalue weighted by molar-refractivity contribution is 0.0642. The lowest BCUT2D eigenvalue weighted by Crippen LogP contribution is -2.46. The molecule has 1 aliphatic rings. The highest BCUT2D eigenvalue weighted by Gasteiger charge is 2.25. The fraction of sp³-hybridized carbons (Fsp3) is 0.562. The van der Waals surface area contributed by atoms with E-state index in [1.165, 1.54) is 18.4 Å². The molecule has 1 heterocycles. The molecule has 0 unspecified atom stereocenters. The molecule has 1 aliphatic heterocycles. The minimum atomic E-state index is -3.23. The molecule has 6 heteroatoms. The Kier molecular flexibility index (Phi) is 5.58. The van der Waals surface area contributed by atoms with E-state index in [4.69, 9.17) is 0 Å². The highest BCUT2D eigenvalue weighted by atomic mass is 32.2. The second-order valence-electron chi connectivity index (χ2n) is 5.78. The van der Waals surface area contributed by atoms with Gasteiger partial charge in [0, 0.05) is 24.4 Å². The van der Waals surface area contributed by atoms with Crippen LogP contribution < -0.4 is 5.32 Å². The van der Waals surface area contributed by atoms with E-state index in [2.05, 4.69) is 12.2 Å². The van der Waals surface area contributed by atoms with Crippen molar-refractivity contribution in [2.75, 3.05) is 25.9 Å². The number of carbonyl (C=O) groups excluding carboxylic acids is 1. The molecular weight excluding hydrogens is 300 g/mol. The summed E-state index contributed by atoms with van der Waals surface area (Å²) in [7, 11) is -3.23. The number of rotatable bonds is 5. The lowest BCUT2D eigenvalue weighted by atomic mass is 10.0. The van der Waals surface area contributed by atoms with E-state index in [0.29, 0.717) is 5.56 Å². The molecule has 2 rings (SSSR count). The SMILES string of the molecule is CCCN(C(=O)c1ccc(S(C)(=O)=O)cc1)C1CCNCC1. The van der Waals surface area contributed by atoms with Gasteiger partial charge in [0.25, 0.3) is 5.91 Å². The Balaban J connectivity index is 2.19. The van der Waals surface area contributed by atoms with E-state index in [-0.39, 0.29) is 16.8 Å². The summed E-state index contributed by atoms with van der Waals surface area (Å²) in [4.78, 5) is 14.9. The summed E-state index contributed by atoms with van der Waals surface area (Å²) >= 11 is 0. The fourth-order valence-corrected chi connectivity index (χ4v) is 3.45. The quantitative estimate of drug-likeness (QED) is 0.895. The number of hydrogen-bond acceptors (Lipinski definition) is 4. The van der Waals surface area contributed by atoms with Crippen LogP contribution in [0.5, 0.6) is 0 Å². The predicted octanol–water partition coefficient (Wildman–Crippen LogP) is 1.69. The largest absolute Gasteiger partial charge is 0.336 e. The van der Waals surface area contributed by atoms with Gasteiger partial charge < -0.3 is 10.2 Å². The second kappa shape index (κ2) is 7.24. The Morgan fingerprint density at radius 3 is 2.32 bits per heavy atom. The van der Waals surface area contributed by atoms with Gasteiger partial charge in [-0.3, -0.25) is 4.79 Å². The predicted molar refractivity (Wildman–Crippen MR) is 86.8 cm³/mol. The minimum Gasteiger partial charge on any atom is -0.336 e. The van der Waals surface area contributed by atoms with Crippen LogP contribution in [0, 0.1) is 0 Å². The molecule has 1 fully saturated rings. The molecule has 1 saturated heterocycles. The summed E-state index contributed by atoms with van der Waals surface area (Å²) in [5, 5.41) is 3.31. The number of nitrogens with one attached hydrogen (secondary N) is 1. The van der Waals surface area contributed by atoms with Gasteiger partial charge in [0.05, 0.1) is 4.90 Å². The smallest absolute Gasteiger partial charge is 0.254 e. The summed E-state index contributed by atoms with van der Waals surface area (Å²) in [6.45, 7) is 4.67. The molecule has 22 heavy (non-hydrogen) atoms. The van der Waals surface area contributed by atoms with Gasteiger partial charge in [0.1, 0.15) is 0 Å². The third kappa shape index (κ3) is 4.08. The van der Waals surface area contributed by atoms with Crippen LogP contribution in [0.1, 0.15) is 36.5 Å². The van der Waals surface area contributed by atoms with Crippen molar-refractivity contribution < 1.29 is 13.2 Å². The van der Waals surface area contributed by atoms with Gasteiger partial charge in [-0.25, -0.2) is 8.42 Å². The monoisotopic (exact) mass is 324 g/mol. The number of hydrogen-bond donors (Lipinski definition) is 1. The highest BCUT2D eigenvalue weighted by molar-refractivity contribution is 7.90. The first-order valence-corrected chi connectivity index (χ1v) is 9.64. The molecule has 1 N–H and O–H groups in total. The highest BCUT2D eigenvalue weighted by Crippen LogP contribution is 2.18. The van der Waals surface area contributed by atoms with Crippen LogP contribution >= 0.6 is 0 Å². The van der Waals surface area contributed by atoms with Gasteiger partial charge in [-0.2, -0.15) is 0 Å². The molecule has 0 aromatic heterocycles. The molecule has 1 aromatic carbocycles. The molecule has 0 aliphatic carbocycles. The van der Waals surface area contributed by atoms with Crippen LogP contribution in [0.3, 0.4) is 0 Å². The van der Waals surface area contributed by atoms with Crippen molar-refractivity contribution >= 4 is 15.7 Å². The summed E-state index contributed by atoms with van der Waals surface area (Å²) in [6, 6.07) is 6.51. The Morgan fingerprint density at radius 1 is 1.23 bits per heavy atom. The van der Waals surface area contributed by atoms with Gasteiger partial charge in [-0.1, -0.05) is 6.92 Å². The van der Waals surface area contributed by atoms with Crippen molar-refractivity contribution in [1.29, 1.82) is 0 Å². The summed E-state index contributed by atoms with van der Waals surface area (Å²) in [5.41, 5.74) is 0.555. The number of piperidine rings is 1. The summed E-state index contributed by atoms with van der Waals surface area (Å²) < 4.78 is 23.0. The number of amides is 1. The zero-order valence-electron chi connectivity index (χ0n) is 13.2. The standard InChI is InChI=1S/C16H24N2O3S/c1-3-12-18(14-8-10-17-11-9-14)16(19)13-4-6-15(7-5-13)22(2,20)21/h4-7,14,17H,3,8-12H2,1-2H3. The molecular formula is C16H24N2O3S. The van der Waals surface area contributed by atoms with Gasteiger partial charge >= 0.3 is 0 Å². The Morgan fingerprint density at radius 2 is 1.82 bits per heavy atom. The average Bonchev–Trinajstić information content (AvgIpc) is 2.52. The first-order chi connectivity index (χ1) is 10.4. The zero-order valence-corrected chi connectivity index (χ0v) is 14.0. The molecule has 0 saturated carbocycles. The van der Waals surface area contributed by atoms with Gasteiger partial charge in [-0.05, 0) is 56.6 Å². The Hall–Kier alpha value is -1.40. The van der Waals surface area contributed by atoms with Crippen molar-refractivity contribution in [3.8, 4) is 0 Å². The number of sulfone groups is 1. The van der Waals surface area contributed by atoms with Crippen molar-refractivity contribution in [3.63, 3.8) is 0 Å². The average molecular weight is 324 g/mol. The maximum Gasteiger partial charge on any atom is 0.254 e. The number of benzene rings is 1. The maximum atomic E-state index is 12.8. The summed E-state index contributed by atoms with van der Waals surface area (Å²) in [6.07, 6.45) is 4.01. The first kappa shape index (κ1) is 17.0. The molecule has 0 radical (unpaired) electrons. The molecule has 0 atom stereocenters. The Labute approximate surface area is 132 Å². The number of nitrogens with zero attached hydrogens (tertiary/aromatic N) is 1. The van der Waals surface area contributed by atoms with Crippen LogP contribution in [0.25, 0.3) is 0 Å². The first-order valence-electron chi connectivity index (χ1n) is 7.75. The van der Waals surface area contributed by atoms with Crippen LogP contribution in [-0.2, 0) is 9.84 Å². The Bertz CT molecular complexity index is 605. The fourth-order valence-electron chi connectivity index (χ4n) is 2.82. The van der Waals surface area contributed by atoms with E-state index in [1.807, 2.05) is 4.90 Å². The zero-order chi connectivity index (χ0) is 16.2. The van der Waals surface area contributed by atoms with Gasteiger partial charge in [0.15, 0.2) is 9.84 Å². The van der Waals surface area contributed by atoms with Crippen LogP contribution in [0.2, 0.25) is 0 Å². The van der Waals surface area contributed by atoms with Crippen molar-refractivity contribution in [2.45, 2.75) is 37.1 Å². The maximum absolute atomic E-state index is 12.8. The second-order valence-corrected chi connectivity index (χ2v) is 7.79. The topological polar surface area (TPSA) is 66.5 Å². The van der Waals surface area contributed by atoms with E-state index in [9.17, 15) is 13.2 Å². The molecule has 1 amide bonds. The number of carbonyl (C=O) groups is 1. The third-order valence-electron chi connectivity index (χ3n) is 4.00. The molecule has 0 bridgehead atoms. The molecule has 0 spiro atoms. The van der Waals surface area contributed by atoms with Crippen molar-refractivity contribution in [2.24, 2.45) is 0 Å². The third-order valence-corrected chi connectivity index (χ3v) is 5.13. The van der Waals surface area contributed by atoms with E-state index < -0.39 is 9.84 Å². The summed E-state index contributed by atoms with van der Waals surface area (Å²) in [5.74, 6) is -0.00574. The van der Waals surface area contributed by atoms with Crippen LogP contribution in [-0.4, -0.2) is 51.2 Å². The minimum absolute atomic E-state index is 0.00574. The normalized spacial score (nSPS) is 16.5. The van der Waals surface area contributed by atoms with E-state index >= 15 is 0 Å². The van der Waals surface area contributed by atoms with Crippen LogP contribution in [0.15, 0.2) is 29.2 Å². The molecule has 1 aromatic rings. The molecule has 122 valence electrons. The van der Waals surface area contributed by atoms with Gasteiger partial charge in [0.2, 0.25) is 0 Å².